The summed E-state index contributed by atoms with van der Waals surface area (Å²) in [5, 5.41) is 4.76. The van der Waals surface area contributed by atoms with Gasteiger partial charge in [-0.2, -0.15) is 35.1 Å². The third-order valence-corrected chi connectivity index (χ3v) is 6.94. The second-order valence-corrected chi connectivity index (χ2v) is 9.91. The van der Waals surface area contributed by atoms with E-state index in [-0.39, 0.29) is 23.4 Å². The maximum Gasteiger partial charge on any atom is 0.457 e. The lowest BCUT2D eigenvalue weighted by Gasteiger charge is -2.36. The summed E-state index contributed by atoms with van der Waals surface area (Å²) in [4.78, 5) is 25.2. The first-order valence-corrected chi connectivity index (χ1v) is 12.4. The number of alkyl halides is 9. The van der Waals surface area contributed by atoms with Crippen molar-refractivity contribution in [1.82, 2.24) is 5.32 Å². The van der Waals surface area contributed by atoms with Crippen molar-refractivity contribution < 1.29 is 49.1 Å². The van der Waals surface area contributed by atoms with Crippen LogP contribution >= 0.6 is 31.9 Å². The number of rotatable bonds is 6. The van der Waals surface area contributed by atoms with Crippen LogP contribution in [0.5, 0.6) is 0 Å². The summed E-state index contributed by atoms with van der Waals surface area (Å²) in [6.45, 7) is 0. The van der Waals surface area contributed by atoms with Gasteiger partial charge >= 0.3 is 23.9 Å². The Kier molecular flexibility index (Phi) is 8.71. The van der Waals surface area contributed by atoms with Gasteiger partial charge in [0.05, 0.1) is 5.69 Å². The molecule has 0 saturated carbocycles. The van der Waals surface area contributed by atoms with E-state index in [4.69, 9.17) is 0 Å². The van der Waals surface area contributed by atoms with Gasteiger partial charge < -0.3 is 10.6 Å². The minimum absolute atomic E-state index is 0.0224. The Hall–Kier alpha value is -3.07. The highest BCUT2D eigenvalue weighted by atomic mass is 79.9. The van der Waals surface area contributed by atoms with E-state index in [0.29, 0.717) is 16.7 Å². The van der Waals surface area contributed by atoms with Crippen LogP contribution in [0.4, 0.5) is 45.2 Å². The van der Waals surface area contributed by atoms with Crippen LogP contribution in [0.25, 0.3) is 11.1 Å². The van der Waals surface area contributed by atoms with Gasteiger partial charge in [-0.05, 0) is 73.3 Å². The molecule has 2 amide bonds. The molecule has 4 nitrogen and oxygen atoms in total. The molecule has 3 aromatic rings. The van der Waals surface area contributed by atoms with Crippen molar-refractivity contribution >= 4 is 49.4 Å². The van der Waals surface area contributed by atoms with Gasteiger partial charge in [-0.1, -0.05) is 30.3 Å². The molecule has 40 heavy (non-hydrogen) atoms. The molecule has 0 aromatic heterocycles. The van der Waals surface area contributed by atoms with Crippen molar-refractivity contribution in [3.05, 3.63) is 86.3 Å². The minimum Gasteiger partial charge on any atom is -0.355 e. The van der Waals surface area contributed by atoms with Crippen LogP contribution in [-0.2, 0) is 5.67 Å². The quantitative estimate of drug-likeness (QED) is 0.253. The third-order valence-electron chi connectivity index (χ3n) is 5.69. The van der Waals surface area contributed by atoms with Crippen molar-refractivity contribution in [2.75, 3.05) is 12.4 Å². The number of hydrogen-bond donors (Lipinski definition) is 2. The van der Waals surface area contributed by atoms with Crippen molar-refractivity contribution in [3.63, 3.8) is 0 Å². The lowest BCUT2D eigenvalue weighted by Crippen LogP contribution is -2.59. The molecule has 3 rings (SSSR count). The predicted molar refractivity (Wildman–Crippen MR) is 135 cm³/mol. The topological polar surface area (TPSA) is 58.2 Å². The lowest BCUT2D eigenvalue weighted by molar-refractivity contribution is -0.389. The van der Waals surface area contributed by atoms with Crippen LogP contribution in [0.3, 0.4) is 0 Å². The fraction of sp³-hybridized carbons (Fsp3) is 0.200. The van der Waals surface area contributed by atoms with E-state index < -0.39 is 50.3 Å². The number of carbonyl (C=O) groups is 2. The molecule has 0 aliphatic rings. The van der Waals surface area contributed by atoms with Crippen molar-refractivity contribution in [1.29, 1.82) is 0 Å². The Morgan fingerprint density at radius 2 is 1.30 bits per heavy atom. The van der Waals surface area contributed by atoms with Crippen molar-refractivity contribution in [2.24, 2.45) is 0 Å². The van der Waals surface area contributed by atoms with Crippen molar-refractivity contribution in [2.45, 2.75) is 23.9 Å². The summed E-state index contributed by atoms with van der Waals surface area (Å²) in [6, 6.07) is 12.4. The molecule has 3 aromatic carbocycles. The van der Waals surface area contributed by atoms with E-state index in [1.54, 1.807) is 30.3 Å². The molecule has 0 fully saturated rings. The maximum absolute atomic E-state index is 14.9. The normalized spacial score (nSPS) is 13.9. The molecule has 214 valence electrons. The molecule has 0 aliphatic heterocycles. The molecule has 0 heterocycles. The molecule has 2 N–H and O–H groups in total. The van der Waals surface area contributed by atoms with E-state index in [0.717, 1.165) is 0 Å². The van der Waals surface area contributed by atoms with E-state index in [1.807, 2.05) is 0 Å². The fourth-order valence-corrected chi connectivity index (χ4v) is 5.08. The zero-order chi connectivity index (χ0) is 30.3. The smallest absolute Gasteiger partial charge is 0.355 e. The summed E-state index contributed by atoms with van der Waals surface area (Å²) in [7, 11) is 1.43. The average molecular weight is 706 g/mol. The summed E-state index contributed by atoms with van der Waals surface area (Å²) >= 11 is 5.42. The number of nitrogens with one attached hydrogen (secondary N) is 2. The molecule has 1 unspecified atom stereocenters. The Morgan fingerprint density at radius 1 is 0.725 bits per heavy atom. The number of halogens is 11. The second kappa shape index (κ2) is 11.1. The number of carbonyl (C=O) groups excluding carboxylic acids is 2. The first kappa shape index (κ1) is 31.5. The molecule has 1 atom stereocenters. The fourth-order valence-electron chi connectivity index (χ4n) is 3.69. The minimum atomic E-state index is -6.88. The van der Waals surface area contributed by atoms with Crippen LogP contribution in [0.1, 0.15) is 26.3 Å². The largest absolute Gasteiger partial charge is 0.457 e. The van der Waals surface area contributed by atoms with Gasteiger partial charge in [-0.25, -0.2) is 4.39 Å². The predicted octanol–water partition coefficient (Wildman–Crippen LogP) is 8.42. The highest BCUT2D eigenvalue weighted by molar-refractivity contribution is 9.11. The zero-order valence-electron chi connectivity index (χ0n) is 19.7. The Bertz CT molecular complexity index is 1440. The Morgan fingerprint density at radius 3 is 1.82 bits per heavy atom. The van der Waals surface area contributed by atoms with Gasteiger partial charge in [-0.15, -0.1) is 0 Å². The molecule has 0 aliphatic carbocycles. The van der Waals surface area contributed by atoms with E-state index >= 15 is 0 Å². The van der Waals surface area contributed by atoms with Crippen LogP contribution < -0.4 is 10.6 Å². The standard InChI is InChI=1S/C25H15Br2F9N2O2/c1-37-21(40)16-8-3-2-7-15(16)12-5-4-6-13(9-12)20(39)38-19-17(26)10-14(11-18(19)27)22(28,24(31,32)33)23(29,30)25(34,35)36/h2-11H,1H3,(H,37,40)(H,38,39). The van der Waals surface area contributed by atoms with Gasteiger partial charge in [0.1, 0.15) is 0 Å². The highest BCUT2D eigenvalue weighted by Crippen LogP contribution is 2.59. The average Bonchev–Trinajstić information content (AvgIpc) is 2.88. The zero-order valence-corrected chi connectivity index (χ0v) is 22.9. The molecular formula is C25H15Br2F9N2O2. The first-order chi connectivity index (χ1) is 18.4. The monoisotopic (exact) mass is 704 g/mol. The molecule has 0 bridgehead atoms. The summed E-state index contributed by atoms with van der Waals surface area (Å²) in [5.74, 6) is -8.14. The number of benzene rings is 3. The summed E-state index contributed by atoms with van der Waals surface area (Å²) in [6.07, 6.45) is -13.6. The van der Waals surface area contributed by atoms with Gasteiger partial charge in [0.25, 0.3) is 11.8 Å². The Labute approximate surface area is 237 Å². The SMILES string of the molecule is CNC(=O)c1ccccc1-c1cccc(C(=O)Nc2c(Br)cc(C(F)(C(F)(F)F)C(F)(F)C(F)(F)F)cc2Br)c1. The van der Waals surface area contributed by atoms with Gasteiger partial charge in [0.15, 0.2) is 0 Å². The molecule has 0 spiro atoms. The number of hydrogen-bond acceptors (Lipinski definition) is 2. The van der Waals surface area contributed by atoms with Gasteiger partial charge in [0.2, 0.25) is 0 Å². The van der Waals surface area contributed by atoms with Gasteiger partial charge in [0, 0.05) is 32.7 Å². The lowest BCUT2D eigenvalue weighted by atomic mass is 9.87. The molecule has 15 heteroatoms. The molecule has 0 saturated heterocycles. The number of amides is 2. The molecular weight excluding hydrogens is 691 g/mol. The summed E-state index contributed by atoms with van der Waals surface area (Å²) in [5.41, 5.74) is -7.44. The maximum atomic E-state index is 14.9. The first-order valence-electron chi connectivity index (χ1n) is 10.8. The summed E-state index contributed by atoms with van der Waals surface area (Å²) < 4.78 is 120. The van der Waals surface area contributed by atoms with E-state index in [9.17, 15) is 49.1 Å². The van der Waals surface area contributed by atoms with E-state index in [1.165, 1.54) is 25.2 Å². The van der Waals surface area contributed by atoms with Crippen molar-refractivity contribution in [3.8, 4) is 11.1 Å². The Balaban J connectivity index is 2.02. The highest BCUT2D eigenvalue weighted by Gasteiger charge is 2.81. The third kappa shape index (κ3) is 5.57. The van der Waals surface area contributed by atoms with Crippen LogP contribution in [0, 0.1) is 0 Å². The van der Waals surface area contributed by atoms with Gasteiger partial charge in [-0.3, -0.25) is 9.59 Å². The molecule has 0 radical (unpaired) electrons. The van der Waals surface area contributed by atoms with Crippen LogP contribution in [-0.4, -0.2) is 37.1 Å². The van der Waals surface area contributed by atoms with E-state index in [2.05, 4.69) is 42.5 Å². The second-order valence-electron chi connectivity index (χ2n) is 8.20. The van der Waals surface area contributed by atoms with Crippen LogP contribution in [0.2, 0.25) is 0 Å². The number of anilines is 1. The van der Waals surface area contributed by atoms with Crippen LogP contribution in [0.15, 0.2) is 69.6 Å².